The van der Waals surface area contributed by atoms with E-state index in [4.69, 9.17) is 11.6 Å². The Morgan fingerprint density at radius 3 is 2.60 bits per heavy atom. The Bertz CT molecular complexity index is 669. The van der Waals surface area contributed by atoms with Gasteiger partial charge in [0.15, 0.2) is 11.6 Å². The number of hydrogen-bond acceptors (Lipinski definition) is 2. The number of likely N-dealkylation sites (N-methyl/N-ethyl adjacent to an activating group) is 1. The average Bonchev–Trinajstić information content (AvgIpc) is 2.81. The highest BCUT2D eigenvalue weighted by atomic mass is 35.5. The molecule has 0 radical (unpaired) electrons. The Morgan fingerprint density at radius 2 is 2.05 bits per heavy atom. The summed E-state index contributed by atoms with van der Waals surface area (Å²) in [6, 6.07) is 1.61. The van der Waals surface area contributed by atoms with Gasteiger partial charge in [-0.05, 0) is 26.0 Å². The molecule has 0 aliphatic rings. The highest BCUT2D eigenvalue weighted by molar-refractivity contribution is 6.20. The van der Waals surface area contributed by atoms with Gasteiger partial charge in [0.2, 0.25) is 5.91 Å². The first-order valence-electron chi connectivity index (χ1n) is 6.10. The van der Waals surface area contributed by atoms with Crippen LogP contribution in [0.5, 0.6) is 0 Å². The molecule has 0 saturated heterocycles. The van der Waals surface area contributed by atoms with Crippen LogP contribution in [0.1, 0.15) is 31.1 Å². The molecular weight excluding hydrogens is 288 g/mol. The summed E-state index contributed by atoms with van der Waals surface area (Å²) < 4.78 is 28.8. The first-order chi connectivity index (χ1) is 9.38. The lowest BCUT2D eigenvalue weighted by atomic mass is 10.2. The van der Waals surface area contributed by atoms with Crippen LogP contribution in [0.4, 0.5) is 8.78 Å². The van der Waals surface area contributed by atoms with E-state index in [0.717, 1.165) is 6.07 Å². The topological polar surface area (TPSA) is 46.9 Å². The molecule has 2 atom stereocenters. The maximum atomic E-state index is 14.1. The predicted octanol–water partition coefficient (Wildman–Crippen LogP) is 2.92. The summed E-state index contributed by atoms with van der Waals surface area (Å²) in [5.74, 6) is -2.04. The lowest BCUT2D eigenvalue weighted by Crippen LogP contribution is -2.29. The zero-order chi connectivity index (χ0) is 15.0. The van der Waals surface area contributed by atoms with Gasteiger partial charge >= 0.3 is 0 Å². The van der Waals surface area contributed by atoms with Gasteiger partial charge in [-0.25, -0.2) is 13.8 Å². The van der Waals surface area contributed by atoms with E-state index < -0.39 is 23.1 Å². The molecule has 1 aromatic carbocycles. The van der Waals surface area contributed by atoms with Crippen molar-refractivity contribution in [3.63, 3.8) is 0 Å². The molecule has 2 unspecified atom stereocenters. The van der Waals surface area contributed by atoms with E-state index in [1.165, 1.54) is 17.7 Å². The molecule has 1 heterocycles. The van der Waals surface area contributed by atoms with E-state index in [1.54, 1.807) is 13.8 Å². The standard InChI is InChI=1S/C13H14ClF2N3O/c1-6(14)12-18-9-5-4-8(15)10(16)11(9)19(12)7(2)13(20)17-3/h4-7H,1-3H3,(H,17,20). The summed E-state index contributed by atoms with van der Waals surface area (Å²) in [7, 11) is 1.47. The first kappa shape index (κ1) is 14.7. The monoisotopic (exact) mass is 301 g/mol. The fraction of sp³-hybridized carbons (Fsp3) is 0.385. The molecule has 0 aliphatic heterocycles. The number of carbonyl (C=O) groups is 1. The van der Waals surface area contributed by atoms with Gasteiger partial charge < -0.3 is 9.88 Å². The van der Waals surface area contributed by atoms with Crippen molar-refractivity contribution < 1.29 is 13.6 Å². The Balaban J connectivity index is 2.80. The first-order valence-corrected chi connectivity index (χ1v) is 6.53. The number of hydrogen-bond donors (Lipinski definition) is 1. The van der Waals surface area contributed by atoms with Gasteiger partial charge in [-0.1, -0.05) is 0 Å². The van der Waals surface area contributed by atoms with Crippen molar-refractivity contribution in [3.8, 4) is 0 Å². The van der Waals surface area contributed by atoms with E-state index in [-0.39, 0.29) is 16.9 Å². The van der Waals surface area contributed by atoms with Gasteiger partial charge in [0.1, 0.15) is 17.4 Å². The highest BCUT2D eigenvalue weighted by Crippen LogP contribution is 2.30. The van der Waals surface area contributed by atoms with Gasteiger partial charge in [-0.2, -0.15) is 0 Å². The molecule has 0 bridgehead atoms. The lowest BCUT2D eigenvalue weighted by molar-refractivity contribution is -0.123. The molecular formula is C13H14ClF2N3O. The number of amides is 1. The number of imidazole rings is 1. The van der Waals surface area contributed by atoms with Gasteiger partial charge in [-0.3, -0.25) is 4.79 Å². The molecule has 2 aromatic rings. The number of halogens is 3. The highest BCUT2D eigenvalue weighted by Gasteiger charge is 2.26. The third kappa shape index (κ3) is 2.24. The number of nitrogens with one attached hydrogen (secondary N) is 1. The Kier molecular flexibility index (Phi) is 3.94. The van der Waals surface area contributed by atoms with Crippen molar-refractivity contribution in [2.75, 3.05) is 7.05 Å². The van der Waals surface area contributed by atoms with Crippen molar-refractivity contribution >= 4 is 28.5 Å². The molecule has 1 amide bonds. The maximum Gasteiger partial charge on any atom is 0.242 e. The van der Waals surface area contributed by atoms with Crippen molar-refractivity contribution in [3.05, 3.63) is 29.6 Å². The van der Waals surface area contributed by atoms with Gasteiger partial charge in [0.25, 0.3) is 0 Å². The van der Waals surface area contributed by atoms with Crippen molar-refractivity contribution in [2.24, 2.45) is 0 Å². The molecule has 2 rings (SSSR count). The quantitative estimate of drug-likeness (QED) is 0.886. The van der Waals surface area contributed by atoms with Crippen LogP contribution in [0.25, 0.3) is 11.0 Å². The molecule has 7 heteroatoms. The summed E-state index contributed by atoms with van der Waals surface area (Å²) >= 11 is 6.03. The molecule has 20 heavy (non-hydrogen) atoms. The molecule has 0 spiro atoms. The van der Waals surface area contributed by atoms with Crippen LogP contribution in [0, 0.1) is 11.6 Å². The van der Waals surface area contributed by atoms with Crippen molar-refractivity contribution in [1.29, 1.82) is 0 Å². The van der Waals surface area contributed by atoms with Gasteiger partial charge in [-0.15, -0.1) is 11.6 Å². The lowest BCUT2D eigenvalue weighted by Gasteiger charge is -2.17. The van der Waals surface area contributed by atoms with Crippen LogP contribution in [0.2, 0.25) is 0 Å². The Labute approximate surface area is 119 Å². The minimum absolute atomic E-state index is 0.0522. The number of benzene rings is 1. The third-order valence-corrected chi connectivity index (χ3v) is 3.33. The molecule has 4 nitrogen and oxygen atoms in total. The summed E-state index contributed by atoms with van der Waals surface area (Å²) in [6.07, 6.45) is 0. The number of nitrogens with zero attached hydrogens (tertiary/aromatic N) is 2. The molecule has 108 valence electrons. The van der Waals surface area contributed by atoms with Crippen LogP contribution in [0.3, 0.4) is 0 Å². The van der Waals surface area contributed by atoms with Crippen LogP contribution < -0.4 is 5.32 Å². The van der Waals surface area contributed by atoms with Crippen molar-refractivity contribution in [1.82, 2.24) is 14.9 Å². The number of rotatable bonds is 3. The second-order valence-corrected chi connectivity index (χ2v) is 5.13. The molecule has 1 aromatic heterocycles. The van der Waals surface area contributed by atoms with Crippen LogP contribution in [0.15, 0.2) is 12.1 Å². The fourth-order valence-electron chi connectivity index (χ4n) is 2.14. The molecule has 1 N–H and O–H groups in total. The molecule has 0 aliphatic carbocycles. The molecule has 0 saturated carbocycles. The van der Waals surface area contributed by atoms with Crippen LogP contribution in [-0.4, -0.2) is 22.5 Å². The normalized spacial score (nSPS) is 14.3. The second-order valence-electron chi connectivity index (χ2n) is 4.48. The van der Waals surface area contributed by atoms with E-state index in [2.05, 4.69) is 10.3 Å². The second kappa shape index (κ2) is 5.36. The number of alkyl halides is 1. The van der Waals surface area contributed by atoms with Gasteiger partial charge in [0.05, 0.1) is 10.9 Å². The number of fused-ring (bicyclic) bond motifs is 1. The number of carbonyl (C=O) groups excluding carboxylic acids is 1. The largest absolute Gasteiger partial charge is 0.357 e. The summed E-state index contributed by atoms with van der Waals surface area (Å²) in [5.41, 5.74) is 0.214. The Hall–Kier alpha value is -1.69. The van der Waals surface area contributed by atoms with E-state index in [9.17, 15) is 13.6 Å². The zero-order valence-corrected chi connectivity index (χ0v) is 12.0. The van der Waals surface area contributed by atoms with E-state index in [0.29, 0.717) is 5.82 Å². The maximum absolute atomic E-state index is 14.1. The van der Waals surface area contributed by atoms with Gasteiger partial charge in [0, 0.05) is 7.05 Å². The summed E-state index contributed by atoms with van der Waals surface area (Å²) in [4.78, 5) is 16.0. The Morgan fingerprint density at radius 1 is 1.40 bits per heavy atom. The summed E-state index contributed by atoms with van der Waals surface area (Å²) in [5, 5.41) is 1.93. The smallest absolute Gasteiger partial charge is 0.242 e. The minimum atomic E-state index is -1.03. The minimum Gasteiger partial charge on any atom is -0.357 e. The third-order valence-electron chi connectivity index (χ3n) is 3.14. The average molecular weight is 302 g/mol. The summed E-state index contributed by atoms with van der Waals surface area (Å²) in [6.45, 7) is 3.23. The van der Waals surface area contributed by atoms with Crippen molar-refractivity contribution in [2.45, 2.75) is 25.3 Å². The fourth-order valence-corrected chi connectivity index (χ4v) is 2.29. The molecule has 0 fully saturated rings. The van der Waals surface area contributed by atoms with E-state index >= 15 is 0 Å². The SMILES string of the molecule is CNC(=O)C(C)n1c(C(C)Cl)nc2ccc(F)c(F)c21. The zero-order valence-electron chi connectivity index (χ0n) is 11.2. The van der Waals surface area contributed by atoms with Crippen LogP contribution in [-0.2, 0) is 4.79 Å². The van der Waals surface area contributed by atoms with E-state index in [1.807, 2.05) is 0 Å². The predicted molar refractivity (Wildman–Crippen MR) is 72.7 cm³/mol. The number of aromatic nitrogens is 2. The van der Waals surface area contributed by atoms with Crippen LogP contribution >= 0.6 is 11.6 Å².